The second-order valence-corrected chi connectivity index (χ2v) is 8.83. The van der Waals surface area contributed by atoms with E-state index in [1.807, 2.05) is 0 Å². The lowest BCUT2D eigenvalue weighted by Crippen LogP contribution is -2.48. The molecule has 130 valence electrons. The van der Waals surface area contributed by atoms with Crippen molar-refractivity contribution in [2.24, 2.45) is 11.8 Å². The minimum Gasteiger partial charge on any atom is -0.337 e. The fourth-order valence-corrected chi connectivity index (χ4v) is 5.40. The zero-order valence-electron chi connectivity index (χ0n) is 14.8. The van der Waals surface area contributed by atoms with Gasteiger partial charge in [0.2, 0.25) is 5.91 Å². The summed E-state index contributed by atoms with van der Waals surface area (Å²) in [6.45, 7) is 4.89. The number of carbonyl (C=O) groups is 1. The summed E-state index contributed by atoms with van der Waals surface area (Å²) in [5.41, 5.74) is 0.229. The van der Waals surface area contributed by atoms with Crippen LogP contribution >= 0.6 is 0 Å². The zero-order valence-corrected chi connectivity index (χ0v) is 14.8. The summed E-state index contributed by atoms with van der Waals surface area (Å²) in [6, 6.07) is 0. The predicted molar refractivity (Wildman–Crippen MR) is 93.3 cm³/mol. The molecule has 3 nitrogen and oxygen atoms in total. The first kappa shape index (κ1) is 15.9. The Kier molecular flexibility index (Phi) is 4.67. The zero-order chi connectivity index (χ0) is 15.7. The molecule has 2 aliphatic carbocycles. The average molecular weight is 319 g/mol. The highest BCUT2D eigenvalue weighted by molar-refractivity contribution is 5.79. The van der Waals surface area contributed by atoms with Gasteiger partial charge in [0.1, 0.15) is 0 Å². The van der Waals surface area contributed by atoms with Crippen LogP contribution in [0.1, 0.15) is 77.0 Å². The summed E-state index contributed by atoms with van der Waals surface area (Å²) in [5.74, 6) is 2.24. The molecule has 1 amide bonds. The highest BCUT2D eigenvalue weighted by atomic mass is 16.2. The maximum absolute atomic E-state index is 12.6. The maximum Gasteiger partial charge on any atom is 0.223 e. The van der Waals surface area contributed by atoms with Crippen molar-refractivity contribution in [3.63, 3.8) is 0 Å². The Hall–Kier alpha value is -0.570. The molecule has 23 heavy (non-hydrogen) atoms. The van der Waals surface area contributed by atoms with Crippen LogP contribution in [0.25, 0.3) is 0 Å². The second-order valence-electron chi connectivity index (χ2n) is 8.83. The van der Waals surface area contributed by atoms with Crippen LogP contribution < -0.4 is 0 Å². The van der Waals surface area contributed by atoms with E-state index < -0.39 is 0 Å². The van der Waals surface area contributed by atoms with Crippen LogP contribution in [0.15, 0.2) is 0 Å². The van der Waals surface area contributed by atoms with Crippen LogP contribution in [0, 0.1) is 11.8 Å². The fraction of sp³-hybridized carbons (Fsp3) is 0.950. The predicted octanol–water partition coefficient (Wildman–Crippen LogP) is 3.82. The van der Waals surface area contributed by atoms with Crippen LogP contribution in [-0.2, 0) is 4.79 Å². The Labute approximate surface area is 141 Å². The molecule has 4 fully saturated rings. The minimum atomic E-state index is 0.229. The summed E-state index contributed by atoms with van der Waals surface area (Å²) >= 11 is 0. The molecule has 2 saturated heterocycles. The summed E-state index contributed by atoms with van der Waals surface area (Å²) < 4.78 is 0. The molecule has 0 bridgehead atoms. The van der Waals surface area contributed by atoms with E-state index in [2.05, 4.69) is 9.80 Å². The van der Waals surface area contributed by atoms with Gasteiger partial charge in [-0.05, 0) is 69.7 Å². The molecule has 1 spiro atoms. The quantitative estimate of drug-likeness (QED) is 0.786. The number of likely N-dealkylation sites (tertiary alicyclic amines) is 2. The number of nitrogens with zero attached hydrogens (tertiary/aromatic N) is 2. The van der Waals surface area contributed by atoms with E-state index >= 15 is 0 Å². The molecular weight excluding hydrogens is 284 g/mol. The Morgan fingerprint density at radius 2 is 1.61 bits per heavy atom. The van der Waals surface area contributed by atoms with Gasteiger partial charge in [0.15, 0.2) is 0 Å². The van der Waals surface area contributed by atoms with Crippen molar-refractivity contribution < 1.29 is 4.79 Å². The molecule has 4 aliphatic rings. The van der Waals surface area contributed by atoms with Crippen LogP contribution in [0.5, 0.6) is 0 Å². The van der Waals surface area contributed by atoms with Gasteiger partial charge in [-0.2, -0.15) is 0 Å². The molecule has 4 rings (SSSR count). The molecule has 0 unspecified atom stereocenters. The largest absolute Gasteiger partial charge is 0.337 e. The first-order valence-electron chi connectivity index (χ1n) is 10.3. The smallest absolute Gasteiger partial charge is 0.223 e. The van der Waals surface area contributed by atoms with Gasteiger partial charge in [-0.3, -0.25) is 4.79 Å². The lowest BCUT2D eigenvalue weighted by Gasteiger charge is -2.41. The van der Waals surface area contributed by atoms with Gasteiger partial charge in [-0.15, -0.1) is 0 Å². The Bertz CT molecular complexity index is 427. The van der Waals surface area contributed by atoms with Crippen LogP contribution in [0.2, 0.25) is 0 Å². The van der Waals surface area contributed by atoms with E-state index in [4.69, 9.17) is 0 Å². The van der Waals surface area contributed by atoms with Crippen LogP contribution in [0.3, 0.4) is 0 Å². The third-order valence-electron chi connectivity index (χ3n) is 7.07. The number of rotatable bonds is 4. The van der Waals surface area contributed by atoms with Crippen LogP contribution in [-0.4, -0.2) is 47.4 Å². The molecule has 2 aliphatic heterocycles. The molecule has 2 saturated carbocycles. The molecule has 3 heteroatoms. The van der Waals surface area contributed by atoms with E-state index in [1.54, 1.807) is 0 Å². The first-order valence-corrected chi connectivity index (χ1v) is 10.3. The Morgan fingerprint density at radius 1 is 0.826 bits per heavy atom. The lowest BCUT2D eigenvalue weighted by molar-refractivity contribution is -0.132. The fourth-order valence-electron chi connectivity index (χ4n) is 5.40. The van der Waals surface area contributed by atoms with Gasteiger partial charge >= 0.3 is 0 Å². The van der Waals surface area contributed by atoms with E-state index in [0.717, 1.165) is 31.2 Å². The topological polar surface area (TPSA) is 23.6 Å². The van der Waals surface area contributed by atoms with Crippen molar-refractivity contribution in [3.05, 3.63) is 0 Å². The number of carbonyl (C=O) groups excluding carboxylic acids is 1. The lowest BCUT2D eigenvalue weighted by atomic mass is 9.84. The molecule has 0 N–H and O–H groups in total. The summed E-state index contributed by atoms with van der Waals surface area (Å²) in [6.07, 6.45) is 15.5. The number of hydrogen-bond donors (Lipinski definition) is 0. The normalized spacial score (nSPS) is 34.3. The van der Waals surface area contributed by atoms with Crippen molar-refractivity contribution in [1.82, 2.24) is 9.80 Å². The van der Waals surface area contributed by atoms with Crippen molar-refractivity contribution >= 4 is 5.91 Å². The minimum absolute atomic E-state index is 0.229. The SMILES string of the molecule is O=C1CC[C@]2(CCCN(CC3CC3)CC2)N1CC1CCCCC1. The van der Waals surface area contributed by atoms with Gasteiger partial charge in [0.05, 0.1) is 0 Å². The second kappa shape index (κ2) is 6.74. The van der Waals surface area contributed by atoms with E-state index in [1.165, 1.54) is 83.8 Å². The summed E-state index contributed by atoms with van der Waals surface area (Å²) in [7, 11) is 0. The van der Waals surface area contributed by atoms with Gasteiger partial charge in [-0.25, -0.2) is 0 Å². The van der Waals surface area contributed by atoms with Gasteiger partial charge in [0, 0.05) is 31.6 Å². The maximum atomic E-state index is 12.6. The van der Waals surface area contributed by atoms with Gasteiger partial charge in [-0.1, -0.05) is 19.3 Å². The number of amides is 1. The Morgan fingerprint density at radius 3 is 2.39 bits per heavy atom. The standard InChI is InChI=1S/C20H34N2O/c23-19-9-11-20(22(19)16-17-5-2-1-3-6-17)10-4-13-21(14-12-20)15-18-7-8-18/h17-18H,1-16H2/t20-/m0/s1. The molecule has 0 aromatic heterocycles. The number of hydrogen-bond acceptors (Lipinski definition) is 2. The Balaban J connectivity index is 1.40. The molecular formula is C20H34N2O. The summed E-state index contributed by atoms with van der Waals surface area (Å²) in [4.78, 5) is 17.7. The average Bonchev–Trinajstić information content (AvgIpc) is 3.36. The summed E-state index contributed by atoms with van der Waals surface area (Å²) in [5, 5.41) is 0. The third kappa shape index (κ3) is 3.60. The van der Waals surface area contributed by atoms with Gasteiger partial charge < -0.3 is 9.80 Å². The van der Waals surface area contributed by atoms with Crippen LogP contribution in [0.4, 0.5) is 0 Å². The molecule has 1 atom stereocenters. The molecule has 0 aromatic rings. The van der Waals surface area contributed by atoms with E-state index in [9.17, 15) is 4.79 Å². The van der Waals surface area contributed by atoms with E-state index in [-0.39, 0.29) is 5.54 Å². The highest BCUT2D eigenvalue weighted by Gasteiger charge is 2.46. The third-order valence-corrected chi connectivity index (χ3v) is 7.07. The first-order chi connectivity index (χ1) is 11.3. The highest BCUT2D eigenvalue weighted by Crippen LogP contribution is 2.41. The van der Waals surface area contributed by atoms with E-state index in [0.29, 0.717) is 5.91 Å². The molecule has 0 radical (unpaired) electrons. The monoisotopic (exact) mass is 318 g/mol. The van der Waals surface area contributed by atoms with Crippen molar-refractivity contribution in [1.29, 1.82) is 0 Å². The molecule has 0 aromatic carbocycles. The van der Waals surface area contributed by atoms with Crippen molar-refractivity contribution in [2.45, 2.75) is 82.6 Å². The van der Waals surface area contributed by atoms with Crippen molar-refractivity contribution in [2.75, 3.05) is 26.2 Å². The molecule has 2 heterocycles. The van der Waals surface area contributed by atoms with Crippen molar-refractivity contribution in [3.8, 4) is 0 Å². The van der Waals surface area contributed by atoms with Gasteiger partial charge in [0.25, 0.3) is 0 Å².